The first kappa shape index (κ1) is 17.4. The molecule has 0 bridgehead atoms. The molecule has 0 fully saturated rings. The van der Waals surface area contributed by atoms with Gasteiger partial charge in [0.1, 0.15) is 6.04 Å². The predicted octanol–water partition coefficient (Wildman–Crippen LogP) is 1.83. The maximum absolute atomic E-state index is 12.1. The number of carbonyl (C=O) groups excluding carboxylic acids is 1. The summed E-state index contributed by atoms with van der Waals surface area (Å²) >= 11 is 0. The summed E-state index contributed by atoms with van der Waals surface area (Å²) in [4.78, 5) is 33.5. The maximum Gasteiger partial charge on any atom is 0.326 e. The van der Waals surface area contributed by atoms with Gasteiger partial charge in [-0.3, -0.25) is 14.9 Å². The molecule has 0 aliphatic carbocycles. The minimum Gasteiger partial charge on any atom is -0.487 e. The van der Waals surface area contributed by atoms with Crippen molar-refractivity contribution >= 4 is 17.6 Å². The molecule has 0 aromatic heterocycles. The van der Waals surface area contributed by atoms with Crippen molar-refractivity contribution in [3.63, 3.8) is 0 Å². The van der Waals surface area contributed by atoms with Crippen LogP contribution >= 0.6 is 0 Å². The third-order valence-corrected chi connectivity index (χ3v) is 2.94. The van der Waals surface area contributed by atoms with Crippen LogP contribution in [-0.4, -0.2) is 34.6 Å². The van der Waals surface area contributed by atoms with Crippen LogP contribution < -0.4 is 10.1 Å². The average molecular weight is 310 g/mol. The van der Waals surface area contributed by atoms with Crippen LogP contribution in [0.1, 0.15) is 31.1 Å². The number of hydrogen-bond donors (Lipinski definition) is 2. The van der Waals surface area contributed by atoms with E-state index in [0.717, 1.165) is 6.07 Å². The number of nitrogens with one attached hydrogen (secondary N) is 1. The first-order chi connectivity index (χ1) is 10.3. The third-order valence-electron chi connectivity index (χ3n) is 2.94. The van der Waals surface area contributed by atoms with Gasteiger partial charge in [0.15, 0.2) is 5.75 Å². The molecule has 0 saturated heterocycles. The van der Waals surface area contributed by atoms with Gasteiger partial charge in [0, 0.05) is 11.6 Å². The number of carbonyl (C=O) groups is 2. The summed E-state index contributed by atoms with van der Waals surface area (Å²) in [6.45, 7) is 5.24. The lowest BCUT2D eigenvalue weighted by atomic mass is 10.0. The molecule has 0 aliphatic rings. The lowest BCUT2D eigenvalue weighted by Crippen LogP contribution is -2.44. The number of hydrogen-bond acceptors (Lipinski definition) is 5. The number of nitrogens with zero attached hydrogens (tertiary/aromatic N) is 1. The van der Waals surface area contributed by atoms with Gasteiger partial charge in [-0.25, -0.2) is 4.79 Å². The van der Waals surface area contributed by atoms with Crippen LogP contribution in [0.2, 0.25) is 0 Å². The van der Waals surface area contributed by atoms with E-state index in [-0.39, 0.29) is 29.5 Å². The molecule has 8 nitrogen and oxygen atoms in total. The number of aliphatic carboxylic acids is 1. The Morgan fingerprint density at radius 1 is 1.41 bits per heavy atom. The van der Waals surface area contributed by atoms with Crippen molar-refractivity contribution in [2.45, 2.75) is 26.8 Å². The van der Waals surface area contributed by atoms with Gasteiger partial charge in [-0.15, -0.1) is 0 Å². The number of nitro benzene ring substituents is 1. The second kappa shape index (κ2) is 7.39. The molecule has 0 saturated carbocycles. The van der Waals surface area contributed by atoms with Gasteiger partial charge < -0.3 is 15.2 Å². The van der Waals surface area contributed by atoms with E-state index in [9.17, 15) is 19.7 Å². The number of carboxylic acid groups (broad SMARTS) is 1. The van der Waals surface area contributed by atoms with Crippen molar-refractivity contribution in [1.29, 1.82) is 0 Å². The number of carboxylic acids is 1. The molecule has 1 atom stereocenters. The SMILES string of the molecule is CCOc1ccc(C(=O)N[C@H](C(=O)O)C(C)C)cc1[N+](=O)[O-]. The highest BCUT2D eigenvalue weighted by atomic mass is 16.6. The third kappa shape index (κ3) is 4.18. The summed E-state index contributed by atoms with van der Waals surface area (Å²) < 4.78 is 5.12. The number of rotatable bonds is 7. The number of amides is 1. The summed E-state index contributed by atoms with van der Waals surface area (Å²) in [6, 6.07) is 2.67. The van der Waals surface area contributed by atoms with Gasteiger partial charge in [-0.1, -0.05) is 13.8 Å². The fourth-order valence-electron chi connectivity index (χ4n) is 1.82. The lowest BCUT2D eigenvalue weighted by molar-refractivity contribution is -0.385. The highest BCUT2D eigenvalue weighted by Crippen LogP contribution is 2.28. The summed E-state index contributed by atoms with van der Waals surface area (Å²) in [7, 11) is 0. The fourth-order valence-corrected chi connectivity index (χ4v) is 1.82. The Bertz CT molecular complexity index is 585. The lowest BCUT2D eigenvalue weighted by Gasteiger charge is -2.18. The first-order valence-electron chi connectivity index (χ1n) is 6.72. The van der Waals surface area contributed by atoms with Crippen molar-refractivity contribution in [2.24, 2.45) is 5.92 Å². The predicted molar refractivity (Wildman–Crippen MR) is 78.0 cm³/mol. The topological polar surface area (TPSA) is 119 Å². The minimum atomic E-state index is -1.16. The van der Waals surface area contributed by atoms with E-state index in [1.54, 1.807) is 20.8 Å². The van der Waals surface area contributed by atoms with Crippen molar-refractivity contribution in [2.75, 3.05) is 6.61 Å². The maximum atomic E-state index is 12.1. The second-order valence-corrected chi connectivity index (χ2v) is 4.91. The van der Waals surface area contributed by atoms with Crippen molar-refractivity contribution < 1.29 is 24.4 Å². The van der Waals surface area contributed by atoms with Gasteiger partial charge in [0.2, 0.25) is 0 Å². The van der Waals surface area contributed by atoms with Gasteiger partial charge in [-0.2, -0.15) is 0 Å². The molecule has 0 radical (unpaired) electrons. The van der Waals surface area contributed by atoms with Crippen LogP contribution in [0.4, 0.5) is 5.69 Å². The van der Waals surface area contributed by atoms with Crippen molar-refractivity contribution in [1.82, 2.24) is 5.32 Å². The molecule has 0 aliphatic heterocycles. The molecule has 8 heteroatoms. The second-order valence-electron chi connectivity index (χ2n) is 4.91. The Hall–Kier alpha value is -2.64. The summed E-state index contributed by atoms with van der Waals surface area (Å²) in [5.74, 6) is -2.11. The van der Waals surface area contributed by atoms with Crippen LogP contribution in [0.15, 0.2) is 18.2 Å². The fraction of sp³-hybridized carbons (Fsp3) is 0.429. The van der Waals surface area contributed by atoms with Gasteiger partial charge in [-0.05, 0) is 25.0 Å². The van der Waals surface area contributed by atoms with Crippen LogP contribution in [0.5, 0.6) is 5.75 Å². The van der Waals surface area contributed by atoms with Crippen LogP contribution in [0.25, 0.3) is 0 Å². The van der Waals surface area contributed by atoms with Crippen LogP contribution in [0, 0.1) is 16.0 Å². The molecule has 1 aromatic rings. The average Bonchev–Trinajstić information content (AvgIpc) is 2.44. The highest BCUT2D eigenvalue weighted by molar-refractivity contribution is 5.97. The van der Waals surface area contributed by atoms with Gasteiger partial charge in [0.25, 0.3) is 5.91 Å². The first-order valence-corrected chi connectivity index (χ1v) is 6.72. The van der Waals surface area contributed by atoms with Crippen molar-refractivity contribution in [3.8, 4) is 5.75 Å². The largest absolute Gasteiger partial charge is 0.487 e. The minimum absolute atomic E-state index is 0.00190. The molecule has 1 rings (SSSR count). The molecule has 0 heterocycles. The highest BCUT2D eigenvalue weighted by Gasteiger charge is 2.25. The molecule has 0 unspecified atom stereocenters. The summed E-state index contributed by atoms with van der Waals surface area (Å²) in [6.07, 6.45) is 0. The molecular weight excluding hydrogens is 292 g/mol. The van der Waals surface area contributed by atoms with E-state index < -0.39 is 22.8 Å². The Morgan fingerprint density at radius 3 is 2.50 bits per heavy atom. The number of nitro groups is 1. The zero-order chi connectivity index (χ0) is 16.9. The number of ether oxygens (including phenoxy) is 1. The molecule has 22 heavy (non-hydrogen) atoms. The van der Waals surface area contributed by atoms with E-state index in [0.29, 0.717) is 0 Å². The van der Waals surface area contributed by atoms with E-state index in [1.807, 2.05) is 0 Å². The van der Waals surface area contributed by atoms with Crippen molar-refractivity contribution in [3.05, 3.63) is 33.9 Å². The Kier molecular flexibility index (Phi) is 5.85. The standard InChI is InChI=1S/C14H18N2O6/c1-4-22-11-6-5-9(7-10(11)16(20)21)13(17)15-12(8(2)3)14(18)19/h5-8,12H,4H2,1-3H3,(H,15,17)(H,18,19)/t12-/m0/s1. The number of benzene rings is 1. The van der Waals surface area contributed by atoms with Crippen LogP contribution in [-0.2, 0) is 4.79 Å². The van der Waals surface area contributed by atoms with E-state index in [2.05, 4.69) is 5.32 Å². The molecule has 0 spiro atoms. The Morgan fingerprint density at radius 2 is 2.05 bits per heavy atom. The smallest absolute Gasteiger partial charge is 0.326 e. The van der Waals surface area contributed by atoms with Gasteiger partial charge in [0.05, 0.1) is 11.5 Å². The van der Waals surface area contributed by atoms with Gasteiger partial charge >= 0.3 is 11.7 Å². The zero-order valence-corrected chi connectivity index (χ0v) is 12.5. The molecule has 1 amide bonds. The molecular formula is C14H18N2O6. The zero-order valence-electron chi connectivity index (χ0n) is 12.5. The van der Waals surface area contributed by atoms with E-state index >= 15 is 0 Å². The Balaban J connectivity index is 3.06. The van der Waals surface area contributed by atoms with E-state index in [1.165, 1.54) is 12.1 Å². The van der Waals surface area contributed by atoms with Crippen LogP contribution in [0.3, 0.4) is 0 Å². The van der Waals surface area contributed by atoms with E-state index in [4.69, 9.17) is 9.84 Å². The normalized spacial score (nSPS) is 11.8. The molecule has 120 valence electrons. The monoisotopic (exact) mass is 310 g/mol. The summed E-state index contributed by atoms with van der Waals surface area (Å²) in [5, 5.41) is 22.4. The molecule has 2 N–H and O–H groups in total. The Labute approximate surface area is 127 Å². The quantitative estimate of drug-likeness (QED) is 0.586. The summed E-state index contributed by atoms with van der Waals surface area (Å²) in [5.41, 5.74) is -0.340. The molecule has 1 aromatic carbocycles.